The Balaban J connectivity index is 2.63. The molecule has 0 aromatic heterocycles. The van der Waals surface area contributed by atoms with E-state index in [-0.39, 0.29) is 0 Å². The molecule has 0 atom stereocenters. The van der Waals surface area contributed by atoms with E-state index in [1.54, 1.807) is 7.05 Å². The molecule has 0 bridgehead atoms. The zero-order chi connectivity index (χ0) is 13.8. The van der Waals surface area contributed by atoms with Crippen LogP contribution in [0.5, 0.6) is 0 Å². The van der Waals surface area contributed by atoms with Crippen LogP contribution in [-0.4, -0.2) is 38.3 Å². The Morgan fingerprint density at radius 1 is 1.22 bits per heavy atom. The van der Waals surface area contributed by atoms with Crippen molar-refractivity contribution in [3.05, 3.63) is 35.4 Å². The molecular formula is C12H18N2O3S. The summed E-state index contributed by atoms with van der Waals surface area (Å²) in [6, 6.07) is 7.55. The SMILES string of the molecule is CN(Cc1ccc(CN)cc1)C(=O)CS(C)(=O)=O. The first-order valence-corrected chi connectivity index (χ1v) is 7.57. The lowest BCUT2D eigenvalue weighted by Gasteiger charge is -2.16. The molecule has 1 aromatic rings. The fourth-order valence-electron chi connectivity index (χ4n) is 1.48. The van der Waals surface area contributed by atoms with Gasteiger partial charge < -0.3 is 10.6 Å². The highest BCUT2D eigenvalue weighted by atomic mass is 32.2. The third kappa shape index (κ3) is 4.85. The summed E-state index contributed by atoms with van der Waals surface area (Å²) in [5.41, 5.74) is 7.45. The van der Waals surface area contributed by atoms with Crippen molar-refractivity contribution < 1.29 is 13.2 Å². The van der Waals surface area contributed by atoms with Gasteiger partial charge in [-0.05, 0) is 11.1 Å². The molecule has 0 saturated carbocycles. The minimum atomic E-state index is -3.28. The van der Waals surface area contributed by atoms with Crippen LogP contribution in [0.3, 0.4) is 0 Å². The van der Waals surface area contributed by atoms with Crippen LogP contribution in [0.15, 0.2) is 24.3 Å². The largest absolute Gasteiger partial charge is 0.341 e. The summed E-state index contributed by atoms with van der Waals surface area (Å²) >= 11 is 0. The molecule has 100 valence electrons. The molecule has 0 unspecified atom stereocenters. The molecule has 6 heteroatoms. The Bertz CT molecular complexity index is 509. The summed E-state index contributed by atoms with van der Waals surface area (Å²) in [4.78, 5) is 13.0. The number of hydrogen-bond acceptors (Lipinski definition) is 4. The number of rotatable bonds is 5. The molecule has 0 heterocycles. The summed E-state index contributed by atoms with van der Waals surface area (Å²) in [5.74, 6) is -0.856. The number of carbonyl (C=O) groups excluding carboxylic acids is 1. The van der Waals surface area contributed by atoms with Crippen LogP contribution in [0.2, 0.25) is 0 Å². The van der Waals surface area contributed by atoms with Gasteiger partial charge in [-0.1, -0.05) is 24.3 Å². The normalized spacial score (nSPS) is 11.3. The van der Waals surface area contributed by atoms with Gasteiger partial charge in [0.1, 0.15) is 5.75 Å². The molecule has 0 radical (unpaired) electrons. The van der Waals surface area contributed by atoms with E-state index < -0.39 is 21.5 Å². The van der Waals surface area contributed by atoms with Gasteiger partial charge in [-0.15, -0.1) is 0 Å². The van der Waals surface area contributed by atoms with Crippen molar-refractivity contribution in [1.29, 1.82) is 0 Å². The maximum absolute atomic E-state index is 11.6. The van der Waals surface area contributed by atoms with Gasteiger partial charge in [0.05, 0.1) is 0 Å². The quantitative estimate of drug-likeness (QED) is 0.825. The summed E-state index contributed by atoms with van der Waals surface area (Å²) < 4.78 is 22.0. The molecule has 1 aromatic carbocycles. The smallest absolute Gasteiger partial charge is 0.237 e. The maximum atomic E-state index is 11.6. The zero-order valence-electron chi connectivity index (χ0n) is 10.6. The molecule has 1 amide bonds. The summed E-state index contributed by atoms with van der Waals surface area (Å²) in [7, 11) is -1.69. The molecule has 0 aliphatic heterocycles. The predicted molar refractivity (Wildman–Crippen MR) is 70.5 cm³/mol. The van der Waals surface area contributed by atoms with E-state index >= 15 is 0 Å². The summed E-state index contributed by atoms with van der Waals surface area (Å²) in [6.07, 6.45) is 1.05. The molecule has 0 aliphatic rings. The van der Waals surface area contributed by atoms with Crippen LogP contribution >= 0.6 is 0 Å². The molecule has 0 aliphatic carbocycles. The summed E-state index contributed by atoms with van der Waals surface area (Å²) in [5, 5.41) is 0. The lowest BCUT2D eigenvalue weighted by atomic mass is 10.1. The number of hydrogen-bond donors (Lipinski definition) is 1. The van der Waals surface area contributed by atoms with Crippen LogP contribution in [-0.2, 0) is 27.7 Å². The second-order valence-electron chi connectivity index (χ2n) is 4.34. The second-order valence-corrected chi connectivity index (χ2v) is 6.48. The highest BCUT2D eigenvalue weighted by Crippen LogP contribution is 2.06. The minimum Gasteiger partial charge on any atom is -0.341 e. The Kier molecular flexibility index (Phi) is 4.86. The van der Waals surface area contributed by atoms with Crippen molar-refractivity contribution in [3.8, 4) is 0 Å². The van der Waals surface area contributed by atoms with E-state index in [0.717, 1.165) is 17.4 Å². The van der Waals surface area contributed by atoms with E-state index in [2.05, 4.69) is 0 Å². The van der Waals surface area contributed by atoms with Crippen molar-refractivity contribution in [3.63, 3.8) is 0 Å². The highest BCUT2D eigenvalue weighted by Gasteiger charge is 2.15. The fourth-order valence-corrected chi connectivity index (χ4v) is 2.15. The Morgan fingerprint density at radius 3 is 2.17 bits per heavy atom. The monoisotopic (exact) mass is 270 g/mol. The molecule has 0 fully saturated rings. The number of nitrogens with zero attached hydrogens (tertiary/aromatic N) is 1. The first-order chi connectivity index (χ1) is 8.31. The molecule has 1 rings (SSSR count). The third-order valence-electron chi connectivity index (χ3n) is 2.49. The number of benzene rings is 1. The van der Waals surface area contributed by atoms with E-state index in [0.29, 0.717) is 13.1 Å². The number of nitrogens with two attached hydrogens (primary N) is 1. The average molecular weight is 270 g/mol. The van der Waals surface area contributed by atoms with Crippen LogP contribution in [0, 0.1) is 0 Å². The van der Waals surface area contributed by atoms with Crippen molar-refractivity contribution in [2.75, 3.05) is 19.1 Å². The fraction of sp³-hybridized carbons (Fsp3) is 0.417. The van der Waals surface area contributed by atoms with Crippen LogP contribution < -0.4 is 5.73 Å². The van der Waals surface area contributed by atoms with Gasteiger partial charge >= 0.3 is 0 Å². The van der Waals surface area contributed by atoms with Crippen LogP contribution in [0.25, 0.3) is 0 Å². The highest BCUT2D eigenvalue weighted by molar-refractivity contribution is 7.91. The van der Waals surface area contributed by atoms with Gasteiger partial charge in [-0.2, -0.15) is 0 Å². The van der Waals surface area contributed by atoms with E-state index in [9.17, 15) is 13.2 Å². The minimum absolute atomic E-state index is 0.388. The molecular weight excluding hydrogens is 252 g/mol. The molecule has 0 spiro atoms. The topological polar surface area (TPSA) is 80.5 Å². The summed E-state index contributed by atoms with van der Waals surface area (Å²) in [6.45, 7) is 0.863. The van der Waals surface area contributed by atoms with Crippen molar-refractivity contribution >= 4 is 15.7 Å². The van der Waals surface area contributed by atoms with Gasteiger partial charge in [0, 0.05) is 26.4 Å². The van der Waals surface area contributed by atoms with Gasteiger partial charge in [-0.3, -0.25) is 4.79 Å². The Labute approximate surface area is 108 Å². The average Bonchev–Trinajstić information content (AvgIpc) is 2.27. The van der Waals surface area contributed by atoms with E-state index in [4.69, 9.17) is 5.73 Å². The van der Waals surface area contributed by atoms with E-state index in [1.165, 1.54) is 4.90 Å². The first kappa shape index (κ1) is 14.7. The lowest BCUT2D eigenvalue weighted by molar-refractivity contribution is -0.127. The Morgan fingerprint density at radius 2 is 1.72 bits per heavy atom. The molecule has 0 saturated heterocycles. The predicted octanol–water partition coefficient (Wildman–Crippen LogP) is 0.148. The Hall–Kier alpha value is -1.40. The van der Waals surface area contributed by atoms with Crippen molar-refractivity contribution in [2.45, 2.75) is 13.1 Å². The van der Waals surface area contributed by atoms with Crippen LogP contribution in [0.4, 0.5) is 0 Å². The zero-order valence-corrected chi connectivity index (χ0v) is 11.4. The van der Waals surface area contributed by atoms with Gasteiger partial charge in [0.2, 0.25) is 5.91 Å². The van der Waals surface area contributed by atoms with Crippen LogP contribution in [0.1, 0.15) is 11.1 Å². The van der Waals surface area contributed by atoms with Gasteiger partial charge in [0.25, 0.3) is 0 Å². The standard InChI is InChI=1S/C12H18N2O3S/c1-14(12(15)9-18(2,16)17)8-11-5-3-10(7-13)4-6-11/h3-6H,7-9,13H2,1-2H3. The molecule has 18 heavy (non-hydrogen) atoms. The molecule has 2 N–H and O–H groups in total. The first-order valence-electron chi connectivity index (χ1n) is 5.51. The maximum Gasteiger partial charge on any atom is 0.237 e. The number of amides is 1. The lowest BCUT2D eigenvalue weighted by Crippen LogP contribution is -2.31. The van der Waals surface area contributed by atoms with Crippen molar-refractivity contribution in [2.24, 2.45) is 5.73 Å². The van der Waals surface area contributed by atoms with E-state index in [1.807, 2.05) is 24.3 Å². The molecule has 5 nitrogen and oxygen atoms in total. The van der Waals surface area contributed by atoms with Gasteiger partial charge in [-0.25, -0.2) is 8.42 Å². The van der Waals surface area contributed by atoms with Crippen molar-refractivity contribution in [1.82, 2.24) is 4.90 Å². The van der Waals surface area contributed by atoms with Gasteiger partial charge in [0.15, 0.2) is 9.84 Å². The number of sulfone groups is 1. The third-order valence-corrected chi connectivity index (χ3v) is 3.26. The second kappa shape index (κ2) is 5.97. The number of carbonyl (C=O) groups is 1.